The van der Waals surface area contributed by atoms with Crippen LogP contribution in [0.25, 0.3) is 0 Å². The molecule has 3 atom stereocenters. The van der Waals surface area contributed by atoms with Crippen LogP contribution in [0, 0.1) is 0 Å². The molecule has 1 fully saturated rings. The number of nitrogens with zero attached hydrogens (tertiary/aromatic N) is 1. The first-order chi connectivity index (χ1) is 17.0. The summed E-state index contributed by atoms with van der Waals surface area (Å²) in [5, 5.41) is 2.68. The molecule has 1 aliphatic heterocycles. The number of benzene rings is 2. The Bertz CT molecular complexity index is 1140. The standard InChI is InChI=1S/C26H28N2O6S/c1-16(17-8-6-5-7-9-17)27-24(29)20-15-35-26(18-10-11-34-14-18)28(20)25(30)19-12-21(31-2)23(33-4)22(13-19)32-3/h5-14,16,20,26H,15H2,1-4H3,(H,27,29). The molecule has 0 bridgehead atoms. The van der Waals surface area contributed by atoms with E-state index in [1.54, 1.807) is 35.6 Å². The number of nitrogens with one attached hydrogen (secondary N) is 1. The van der Waals surface area contributed by atoms with Gasteiger partial charge in [0.25, 0.3) is 5.91 Å². The third-order valence-corrected chi connectivity index (χ3v) is 7.26. The molecular formula is C26H28N2O6S. The summed E-state index contributed by atoms with van der Waals surface area (Å²) >= 11 is 1.52. The molecular weight excluding hydrogens is 468 g/mol. The number of rotatable bonds is 8. The van der Waals surface area contributed by atoms with E-state index in [0.717, 1.165) is 11.1 Å². The minimum absolute atomic E-state index is 0.209. The number of thioether (sulfide) groups is 1. The summed E-state index contributed by atoms with van der Waals surface area (Å²) in [4.78, 5) is 28.9. The summed E-state index contributed by atoms with van der Waals surface area (Å²) in [5.41, 5.74) is 2.12. The molecule has 0 radical (unpaired) electrons. The minimum Gasteiger partial charge on any atom is -0.493 e. The zero-order valence-electron chi connectivity index (χ0n) is 20.0. The van der Waals surface area contributed by atoms with Crippen molar-refractivity contribution in [1.82, 2.24) is 10.2 Å². The molecule has 1 aromatic heterocycles. The van der Waals surface area contributed by atoms with Crippen LogP contribution in [-0.4, -0.2) is 49.8 Å². The Balaban J connectivity index is 1.67. The Kier molecular flexibility index (Phi) is 7.55. The third kappa shape index (κ3) is 4.95. The third-order valence-electron chi connectivity index (χ3n) is 5.94. The predicted octanol–water partition coefficient (Wildman–Crippen LogP) is 4.44. The van der Waals surface area contributed by atoms with Gasteiger partial charge in [0.05, 0.1) is 39.9 Å². The van der Waals surface area contributed by atoms with Crippen molar-refractivity contribution in [1.29, 1.82) is 0 Å². The van der Waals surface area contributed by atoms with Crippen LogP contribution in [0.5, 0.6) is 17.2 Å². The van der Waals surface area contributed by atoms with Crippen LogP contribution >= 0.6 is 11.8 Å². The molecule has 184 valence electrons. The van der Waals surface area contributed by atoms with Crippen molar-refractivity contribution in [3.05, 3.63) is 77.7 Å². The van der Waals surface area contributed by atoms with Crippen molar-refractivity contribution in [2.75, 3.05) is 27.1 Å². The molecule has 1 N–H and O–H groups in total. The van der Waals surface area contributed by atoms with E-state index in [2.05, 4.69) is 5.32 Å². The molecule has 4 rings (SSSR count). The summed E-state index contributed by atoms with van der Waals surface area (Å²) < 4.78 is 21.5. The lowest BCUT2D eigenvalue weighted by molar-refractivity contribution is -0.125. The van der Waals surface area contributed by atoms with Crippen LogP contribution in [-0.2, 0) is 4.79 Å². The van der Waals surface area contributed by atoms with E-state index in [1.807, 2.05) is 37.3 Å². The number of amides is 2. The van der Waals surface area contributed by atoms with E-state index in [0.29, 0.717) is 28.6 Å². The van der Waals surface area contributed by atoms with Gasteiger partial charge in [0, 0.05) is 16.9 Å². The Hall–Kier alpha value is -3.59. The molecule has 0 spiro atoms. The molecule has 0 saturated carbocycles. The van der Waals surface area contributed by atoms with Crippen molar-refractivity contribution in [2.45, 2.75) is 24.4 Å². The summed E-state index contributed by atoms with van der Waals surface area (Å²) in [6.45, 7) is 1.92. The van der Waals surface area contributed by atoms with E-state index in [1.165, 1.54) is 33.1 Å². The topological polar surface area (TPSA) is 90.2 Å². The summed E-state index contributed by atoms with van der Waals surface area (Å²) in [6, 6.07) is 13.8. The van der Waals surface area contributed by atoms with Gasteiger partial charge in [-0.15, -0.1) is 11.8 Å². The first-order valence-corrected chi connectivity index (χ1v) is 12.1. The lowest BCUT2D eigenvalue weighted by Crippen LogP contribution is -2.48. The van der Waals surface area contributed by atoms with Crippen LogP contribution in [0.15, 0.2) is 65.5 Å². The van der Waals surface area contributed by atoms with E-state index < -0.39 is 6.04 Å². The first kappa shape index (κ1) is 24.5. The molecule has 1 aliphatic rings. The van der Waals surface area contributed by atoms with Gasteiger partial charge in [-0.2, -0.15) is 0 Å². The second-order valence-corrected chi connectivity index (χ2v) is 9.14. The quantitative estimate of drug-likeness (QED) is 0.493. The lowest BCUT2D eigenvalue weighted by Gasteiger charge is -2.29. The van der Waals surface area contributed by atoms with Crippen LogP contribution in [0.3, 0.4) is 0 Å². The number of ether oxygens (including phenoxy) is 3. The summed E-state index contributed by atoms with van der Waals surface area (Å²) in [6.07, 6.45) is 3.16. The Morgan fingerprint density at radius 1 is 1.06 bits per heavy atom. The zero-order valence-corrected chi connectivity index (χ0v) is 20.8. The highest BCUT2D eigenvalue weighted by Gasteiger charge is 2.43. The maximum absolute atomic E-state index is 13.9. The van der Waals surface area contributed by atoms with Crippen molar-refractivity contribution in [2.24, 2.45) is 0 Å². The molecule has 1 saturated heterocycles. The normalized spacial score (nSPS) is 18.1. The number of carbonyl (C=O) groups is 2. The Morgan fingerprint density at radius 2 is 1.74 bits per heavy atom. The number of hydrogen-bond donors (Lipinski definition) is 1. The van der Waals surface area contributed by atoms with Gasteiger partial charge in [0.15, 0.2) is 11.5 Å². The SMILES string of the molecule is COc1cc(C(=O)N2C(C(=O)NC(C)c3ccccc3)CSC2c2ccoc2)cc(OC)c1OC. The molecule has 2 aromatic carbocycles. The van der Waals surface area contributed by atoms with Crippen molar-refractivity contribution < 1.29 is 28.2 Å². The van der Waals surface area contributed by atoms with E-state index >= 15 is 0 Å². The summed E-state index contributed by atoms with van der Waals surface area (Å²) in [7, 11) is 4.49. The largest absolute Gasteiger partial charge is 0.493 e. The Morgan fingerprint density at radius 3 is 2.31 bits per heavy atom. The monoisotopic (exact) mass is 496 g/mol. The van der Waals surface area contributed by atoms with Gasteiger partial charge in [-0.25, -0.2) is 0 Å². The Labute approximate surface area is 208 Å². The van der Waals surface area contributed by atoms with Crippen LogP contribution in [0.1, 0.15) is 39.8 Å². The average Bonchev–Trinajstić information content (AvgIpc) is 3.58. The van der Waals surface area contributed by atoms with Gasteiger partial charge in [-0.05, 0) is 30.7 Å². The van der Waals surface area contributed by atoms with Crippen LogP contribution in [0.4, 0.5) is 0 Å². The minimum atomic E-state index is -0.683. The molecule has 9 heteroatoms. The fraction of sp³-hybridized carbons (Fsp3) is 0.308. The average molecular weight is 497 g/mol. The molecule has 2 heterocycles. The van der Waals surface area contributed by atoms with Crippen molar-refractivity contribution in [3.8, 4) is 17.2 Å². The second-order valence-electron chi connectivity index (χ2n) is 8.03. The fourth-order valence-corrected chi connectivity index (χ4v) is 5.52. The molecule has 8 nitrogen and oxygen atoms in total. The number of furan rings is 1. The maximum atomic E-state index is 13.9. The van der Waals surface area contributed by atoms with Crippen LogP contribution in [0.2, 0.25) is 0 Å². The highest BCUT2D eigenvalue weighted by atomic mass is 32.2. The van der Waals surface area contributed by atoms with E-state index in [4.69, 9.17) is 18.6 Å². The van der Waals surface area contributed by atoms with Gasteiger partial charge in [-0.1, -0.05) is 30.3 Å². The fourth-order valence-electron chi connectivity index (χ4n) is 4.12. The number of methoxy groups -OCH3 is 3. The van der Waals surface area contributed by atoms with E-state index in [-0.39, 0.29) is 23.2 Å². The number of carbonyl (C=O) groups excluding carboxylic acids is 2. The second kappa shape index (κ2) is 10.8. The predicted molar refractivity (Wildman–Crippen MR) is 133 cm³/mol. The van der Waals surface area contributed by atoms with Gasteiger partial charge in [0.2, 0.25) is 11.7 Å². The molecule has 35 heavy (non-hydrogen) atoms. The van der Waals surface area contributed by atoms with Gasteiger partial charge in [-0.3, -0.25) is 9.59 Å². The number of hydrogen-bond acceptors (Lipinski definition) is 7. The highest BCUT2D eigenvalue weighted by Crippen LogP contribution is 2.44. The zero-order chi connectivity index (χ0) is 24.9. The van der Waals surface area contributed by atoms with Crippen molar-refractivity contribution >= 4 is 23.6 Å². The van der Waals surface area contributed by atoms with Crippen LogP contribution < -0.4 is 19.5 Å². The summed E-state index contributed by atoms with van der Waals surface area (Å²) in [5.74, 6) is 1.01. The van der Waals surface area contributed by atoms with Crippen molar-refractivity contribution in [3.63, 3.8) is 0 Å². The van der Waals surface area contributed by atoms with Gasteiger partial charge in [0.1, 0.15) is 11.4 Å². The first-order valence-electron chi connectivity index (χ1n) is 11.1. The van der Waals surface area contributed by atoms with Gasteiger partial charge < -0.3 is 28.8 Å². The highest BCUT2D eigenvalue weighted by molar-refractivity contribution is 7.99. The van der Waals surface area contributed by atoms with Gasteiger partial charge >= 0.3 is 0 Å². The molecule has 0 aliphatic carbocycles. The smallest absolute Gasteiger partial charge is 0.256 e. The maximum Gasteiger partial charge on any atom is 0.256 e. The molecule has 2 amide bonds. The van der Waals surface area contributed by atoms with E-state index in [9.17, 15) is 9.59 Å². The lowest BCUT2D eigenvalue weighted by atomic mass is 10.1. The molecule has 3 aromatic rings. The molecule has 3 unspecified atom stereocenters.